The Bertz CT molecular complexity index is 450. The predicted octanol–water partition coefficient (Wildman–Crippen LogP) is 4.05. The smallest absolute Gasteiger partial charge is 0.137 e. The molecule has 1 aromatic carbocycles. The van der Waals surface area contributed by atoms with Gasteiger partial charge in [-0.15, -0.1) is 0 Å². The molecule has 0 heterocycles. The van der Waals surface area contributed by atoms with Crippen LogP contribution in [0.15, 0.2) is 18.2 Å². The van der Waals surface area contributed by atoms with E-state index >= 15 is 0 Å². The van der Waals surface area contributed by atoms with E-state index in [1.54, 1.807) is 7.11 Å². The second-order valence-corrected chi connectivity index (χ2v) is 6.26. The van der Waals surface area contributed by atoms with Gasteiger partial charge in [-0.2, -0.15) is 0 Å². The van der Waals surface area contributed by atoms with Crippen molar-refractivity contribution in [2.24, 2.45) is 17.8 Å². The quantitative estimate of drug-likeness (QED) is 0.898. The van der Waals surface area contributed by atoms with Gasteiger partial charge in [0.25, 0.3) is 0 Å². The standard InChI is InChI=1S/C16H22ClNO/c1-18-16(15-11-5-3-4-6-12(11)15)10-7-8-14(19-2)13(17)9-10/h7-9,11-12,15-16,18H,3-6H2,1-2H3. The molecule has 0 saturated heterocycles. The van der Waals surface area contributed by atoms with Gasteiger partial charge in [-0.1, -0.05) is 30.5 Å². The summed E-state index contributed by atoms with van der Waals surface area (Å²) in [6, 6.07) is 6.63. The first-order chi connectivity index (χ1) is 9.26. The Hall–Kier alpha value is -0.730. The lowest BCUT2D eigenvalue weighted by Gasteiger charge is -2.18. The lowest BCUT2D eigenvalue weighted by molar-refractivity contribution is 0.414. The van der Waals surface area contributed by atoms with Crippen LogP contribution in [-0.2, 0) is 0 Å². The monoisotopic (exact) mass is 279 g/mol. The minimum Gasteiger partial charge on any atom is -0.495 e. The zero-order valence-corrected chi connectivity index (χ0v) is 12.4. The summed E-state index contributed by atoms with van der Waals surface area (Å²) in [5, 5.41) is 4.21. The van der Waals surface area contributed by atoms with Gasteiger partial charge in [-0.05, 0) is 55.3 Å². The van der Waals surface area contributed by atoms with Crippen LogP contribution in [0.25, 0.3) is 0 Å². The molecule has 3 unspecified atom stereocenters. The third kappa shape index (κ3) is 2.36. The summed E-state index contributed by atoms with van der Waals surface area (Å²) in [6.07, 6.45) is 5.66. The topological polar surface area (TPSA) is 21.3 Å². The molecule has 19 heavy (non-hydrogen) atoms. The third-order valence-electron chi connectivity index (χ3n) is 4.95. The number of halogens is 1. The van der Waals surface area contributed by atoms with Gasteiger partial charge in [0.1, 0.15) is 5.75 Å². The van der Waals surface area contributed by atoms with Crippen LogP contribution in [-0.4, -0.2) is 14.2 Å². The molecule has 2 nitrogen and oxygen atoms in total. The SMILES string of the molecule is CNC(c1ccc(OC)c(Cl)c1)C1C2CCCCC21. The van der Waals surface area contributed by atoms with Crippen molar-refractivity contribution >= 4 is 11.6 Å². The molecule has 0 aliphatic heterocycles. The maximum absolute atomic E-state index is 6.26. The van der Waals surface area contributed by atoms with E-state index in [2.05, 4.69) is 24.5 Å². The number of rotatable bonds is 4. The van der Waals surface area contributed by atoms with E-state index in [1.165, 1.54) is 31.2 Å². The highest BCUT2D eigenvalue weighted by atomic mass is 35.5. The lowest BCUT2D eigenvalue weighted by atomic mass is 10.00. The Morgan fingerprint density at radius 1 is 1.26 bits per heavy atom. The van der Waals surface area contributed by atoms with Crippen molar-refractivity contribution in [1.29, 1.82) is 0 Å². The minimum atomic E-state index is 0.441. The lowest BCUT2D eigenvalue weighted by Crippen LogP contribution is -2.19. The molecule has 1 N–H and O–H groups in total. The van der Waals surface area contributed by atoms with E-state index in [1.807, 2.05) is 6.07 Å². The summed E-state index contributed by atoms with van der Waals surface area (Å²) in [6.45, 7) is 0. The zero-order chi connectivity index (χ0) is 13.4. The maximum Gasteiger partial charge on any atom is 0.137 e. The van der Waals surface area contributed by atoms with Crippen molar-refractivity contribution < 1.29 is 4.74 Å². The van der Waals surface area contributed by atoms with Gasteiger partial charge >= 0.3 is 0 Å². The second kappa shape index (κ2) is 5.34. The molecule has 0 spiro atoms. The number of benzene rings is 1. The van der Waals surface area contributed by atoms with Gasteiger partial charge in [-0.25, -0.2) is 0 Å². The first kappa shape index (κ1) is 13.3. The molecule has 104 valence electrons. The van der Waals surface area contributed by atoms with Gasteiger partial charge < -0.3 is 10.1 Å². The molecule has 2 fully saturated rings. The van der Waals surface area contributed by atoms with Crippen LogP contribution in [0.3, 0.4) is 0 Å². The number of ether oxygens (including phenoxy) is 1. The van der Waals surface area contributed by atoms with Crippen LogP contribution in [0.5, 0.6) is 5.75 Å². The van der Waals surface area contributed by atoms with Gasteiger partial charge in [-0.3, -0.25) is 0 Å². The van der Waals surface area contributed by atoms with Crippen LogP contribution in [0, 0.1) is 17.8 Å². The molecule has 0 radical (unpaired) electrons. The average molecular weight is 280 g/mol. The summed E-state index contributed by atoms with van der Waals surface area (Å²) >= 11 is 6.26. The molecular weight excluding hydrogens is 258 g/mol. The van der Waals surface area contributed by atoms with E-state index in [-0.39, 0.29) is 0 Å². The van der Waals surface area contributed by atoms with Gasteiger partial charge in [0.05, 0.1) is 12.1 Å². The Morgan fingerprint density at radius 2 is 1.95 bits per heavy atom. The van der Waals surface area contributed by atoms with E-state index < -0.39 is 0 Å². The highest BCUT2D eigenvalue weighted by Gasteiger charge is 2.54. The Labute approximate surface area is 120 Å². The fraction of sp³-hybridized carbons (Fsp3) is 0.625. The van der Waals surface area contributed by atoms with Crippen molar-refractivity contribution in [2.75, 3.05) is 14.2 Å². The summed E-state index contributed by atoms with van der Waals surface area (Å²) in [5.41, 5.74) is 1.30. The number of nitrogens with one attached hydrogen (secondary N) is 1. The Balaban J connectivity index is 1.81. The maximum atomic E-state index is 6.26. The minimum absolute atomic E-state index is 0.441. The number of fused-ring (bicyclic) bond motifs is 1. The van der Waals surface area contributed by atoms with Crippen molar-refractivity contribution in [3.63, 3.8) is 0 Å². The molecule has 3 heteroatoms. The highest BCUT2D eigenvalue weighted by Crippen LogP contribution is 2.60. The van der Waals surface area contributed by atoms with Crippen LogP contribution < -0.4 is 10.1 Å². The van der Waals surface area contributed by atoms with Crippen LogP contribution in [0.1, 0.15) is 37.3 Å². The van der Waals surface area contributed by atoms with Gasteiger partial charge in [0.2, 0.25) is 0 Å². The van der Waals surface area contributed by atoms with Crippen molar-refractivity contribution in [1.82, 2.24) is 5.32 Å². The molecule has 0 bridgehead atoms. The summed E-state index contributed by atoms with van der Waals surface area (Å²) in [7, 11) is 3.72. The molecule has 1 aromatic rings. The van der Waals surface area contributed by atoms with Crippen LogP contribution in [0.4, 0.5) is 0 Å². The Kier molecular flexibility index (Phi) is 3.72. The first-order valence-corrected chi connectivity index (χ1v) is 7.64. The van der Waals surface area contributed by atoms with Gasteiger partial charge in [0.15, 0.2) is 0 Å². The van der Waals surface area contributed by atoms with Crippen molar-refractivity contribution in [3.05, 3.63) is 28.8 Å². The highest BCUT2D eigenvalue weighted by molar-refractivity contribution is 6.32. The molecular formula is C16H22ClNO. The van der Waals surface area contributed by atoms with Crippen LogP contribution >= 0.6 is 11.6 Å². The summed E-state index contributed by atoms with van der Waals surface area (Å²) in [4.78, 5) is 0. The number of hydrogen-bond donors (Lipinski definition) is 1. The Morgan fingerprint density at radius 3 is 2.47 bits per heavy atom. The van der Waals surface area contributed by atoms with Crippen molar-refractivity contribution in [2.45, 2.75) is 31.7 Å². The van der Waals surface area contributed by atoms with Gasteiger partial charge in [0, 0.05) is 6.04 Å². The fourth-order valence-electron chi connectivity index (χ4n) is 4.00. The van der Waals surface area contributed by atoms with E-state index in [4.69, 9.17) is 16.3 Å². The molecule has 2 saturated carbocycles. The molecule has 3 rings (SSSR count). The predicted molar refractivity (Wildman–Crippen MR) is 78.7 cm³/mol. The largest absolute Gasteiger partial charge is 0.495 e. The zero-order valence-electron chi connectivity index (χ0n) is 11.7. The normalized spacial score (nSPS) is 30.6. The first-order valence-electron chi connectivity index (χ1n) is 7.27. The summed E-state index contributed by atoms with van der Waals surface area (Å²) < 4.78 is 5.23. The molecule has 2 aliphatic carbocycles. The molecule has 3 atom stereocenters. The van der Waals surface area contributed by atoms with E-state index in [0.29, 0.717) is 11.1 Å². The van der Waals surface area contributed by atoms with Crippen molar-refractivity contribution in [3.8, 4) is 5.75 Å². The summed E-state index contributed by atoms with van der Waals surface area (Å²) in [5.74, 6) is 3.43. The molecule has 2 aliphatic rings. The fourth-order valence-corrected chi connectivity index (χ4v) is 4.27. The molecule has 0 amide bonds. The number of methoxy groups -OCH3 is 1. The van der Waals surface area contributed by atoms with Crippen LogP contribution in [0.2, 0.25) is 5.02 Å². The van der Waals surface area contributed by atoms with E-state index in [0.717, 1.165) is 23.5 Å². The van der Waals surface area contributed by atoms with E-state index in [9.17, 15) is 0 Å². The average Bonchev–Trinajstić information content (AvgIpc) is 3.15. The third-order valence-corrected chi connectivity index (χ3v) is 5.25. The molecule has 0 aromatic heterocycles. The second-order valence-electron chi connectivity index (χ2n) is 5.85. The number of hydrogen-bond acceptors (Lipinski definition) is 2.